The molecule has 0 aromatic carbocycles. The fourth-order valence-electron chi connectivity index (χ4n) is 3.38. The van der Waals surface area contributed by atoms with Crippen molar-refractivity contribution in [3.05, 3.63) is 36.0 Å². The lowest BCUT2D eigenvalue weighted by molar-refractivity contribution is 0.0735. The molecule has 0 saturated carbocycles. The topological polar surface area (TPSA) is 78.6 Å². The summed E-state index contributed by atoms with van der Waals surface area (Å²) in [6.07, 6.45) is 5.93. The summed E-state index contributed by atoms with van der Waals surface area (Å²) in [4.78, 5) is 27.4. The Morgan fingerprint density at radius 2 is 1.76 bits per heavy atom. The minimum Gasteiger partial charge on any atom is -0.359 e. The number of hydrogen-bond acceptors (Lipinski definition) is 7. The molecule has 2 aromatic heterocycles. The second-order valence-corrected chi connectivity index (χ2v) is 6.49. The molecule has 8 heteroatoms. The summed E-state index contributed by atoms with van der Waals surface area (Å²) in [6.45, 7) is 5.61. The molecule has 25 heavy (non-hydrogen) atoms. The number of likely N-dealkylation sites (tertiary alicyclic amines) is 1. The Morgan fingerprint density at radius 1 is 1.04 bits per heavy atom. The lowest BCUT2D eigenvalue weighted by Gasteiger charge is -2.34. The molecule has 1 amide bonds. The maximum absolute atomic E-state index is 12.6. The van der Waals surface area contributed by atoms with Gasteiger partial charge in [0.05, 0.1) is 6.54 Å². The molecule has 0 unspecified atom stereocenters. The third-order valence-corrected chi connectivity index (χ3v) is 4.76. The summed E-state index contributed by atoms with van der Waals surface area (Å²) in [5.41, 5.74) is 0.401. The van der Waals surface area contributed by atoms with E-state index in [9.17, 15) is 4.79 Å². The Bertz CT molecular complexity index is 705. The van der Waals surface area contributed by atoms with Crippen molar-refractivity contribution in [1.29, 1.82) is 0 Å². The van der Waals surface area contributed by atoms with Gasteiger partial charge in [-0.15, -0.1) is 0 Å². The molecule has 0 radical (unpaired) electrons. The van der Waals surface area contributed by atoms with Gasteiger partial charge in [-0.05, 0) is 32.0 Å². The van der Waals surface area contributed by atoms with Crippen molar-refractivity contribution in [2.75, 3.05) is 44.2 Å². The number of carbonyl (C=O) groups excluding carboxylic acids is 1. The van der Waals surface area contributed by atoms with E-state index < -0.39 is 0 Å². The van der Waals surface area contributed by atoms with Gasteiger partial charge in [-0.1, -0.05) is 5.16 Å². The average Bonchev–Trinajstić information content (AvgIpc) is 3.35. The van der Waals surface area contributed by atoms with Crippen LogP contribution in [0, 0.1) is 0 Å². The normalized spacial score (nSPS) is 18.7. The van der Waals surface area contributed by atoms with Gasteiger partial charge in [0.2, 0.25) is 5.95 Å². The van der Waals surface area contributed by atoms with Gasteiger partial charge in [-0.2, -0.15) is 0 Å². The number of amides is 1. The van der Waals surface area contributed by atoms with Crippen LogP contribution in [0.3, 0.4) is 0 Å². The lowest BCUT2D eigenvalue weighted by Crippen LogP contribution is -2.49. The van der Waals surface area contributed by atoms with E-state index in [1.54, 1.807) is 24.5 Å². The third kappa shape index (κ3) is 3.63. The molecule has 2 saturated heterocycles. The first-order valence-corrected chi connectivity index (χ1v) is 8.79. The maximum Gasteiger partial charge on any atom is 0.276 e. The molecule has 0 aliphatic carbocycles. The van der Waals surface area contributed by atoms with Crippen LogP contribution in [0.1, 0.15) is 29.1 Å². The summed E-state index contributed by atoms with van der Waals surface area (Å²) in [6, 6.07) is 3.58. The quantitative estimate of drug-likeness (QED) is 0.821. The number of rotatable bonds is 4. The summed E-state index contributed by atoms with van der Waals surface area (Å²) < 4.78 is 5.36. The minimum atomic E-state index is -0.0648. The van der Waals surface area contributed by atoms with Gasteiger partial charge in [0.25, 0.3) is 5.91 Å². The zero-order valence-electron chi connectivity index (χ0n) is 14.2. The standard InChI is InChI=1S/C17H22N6O2/c24-16(15-12-14(25-20-15)13-21-6-1-2-7-21)22-8-10-23(11-9-22)17-18-4-3-5-19-17/h3-5,12H,1-2,6-11,13H2. The number of piperazine rings is 1. The molecule has 8 nitrogen and oxygen atoms in total. The van der Waals surface area contributed by atoms with Crippen LogP contribution < -0.4 is 4.90 Å². The molecule has 0 N–H and O–H groups in total. The average molecular weight is 342 g/mol. The summed E-state index contributed by atoms with van der Waals surface area (Å²) in [5.74, 6) is 1.41. The van der Waals surface area contributed by atoms with Crippen LogP contribution in [0.2, 0.25) is 0 Å². The largest absolute Gasteiger partial charge is 0.359 e. The van der Waals surface area contributed by atoms with E-state index in [0.29, 0.717) is 37.8 Å². The van der Waals surface area contributed by atoms with Crippen LogP contribution in [0.4, 0.5) is 5.95 Å². The van der Waals surface area contributed by atoms with E-state index >= 15 is 0 Å². The first-order chi connectivity index (χ1) is 12.3. The van der Waals surface area contributed by atoms with Crippen molar-refractivity contribution in [1.82, 2.24) is 24.9 Å². The van der Waals surface area contributed by atoms with E-state index in [0.717, 1.165) is 25.4 Å². The second-order valence-electron chi connectivity index (χ2n) is 6.49. The smallest absolute Gasteiger partial charge is 0.276 e. The first-order valence-electron chi connectivity index (χ1n) is 8.79. The molecule has 2 fully saturated rings. The molecule has 4 heterocycles. The molecular formula is C17H22N6O2. The maximum atomic E-state index is 12.6. The minimum absolute atomic E-state index is 0.0648. The van der Waals surface area contributed by atoms with E-state index in [1.165, 1.54) is 12.8 Å². The Kier molecular flexibility index (Phi) is 4.60. The van der Waals surface area contributed by atoms with Crippen LogP contribution in [0.5, 0.6) is 0 Å². The van der Waals surface area contributed by atoms with Gasteiger partial charge >= 0.3 is 0 Å². The van der Waals surface area contributed by atoms with Crippen molar-refractivity contribution >= 4 is 11.9 Å². The molecule has 0 atom stereocenters. The van der Waals surface area contributed by atoms with Crippen LogP contribution in [0.25, 0.3) is 0 Å². The molecule has 4 rings (SSSR count). The number of hydrogen-bond donors (Lipinski definition) is 0. The molecule has 2 aliphatic heterocycles. The monoisotopic (exact) mass is 342 g/mol. The molecule has 0 spiro atoms. The summed E-state index contributed by atoms with van der Waals surface area (Å²) in [7, 11) is 0. The highest BCUT2D eigenvalue weighted by Gasteiger charge is 2.26. The molecule has 2 aromatic rings. The Labute approximate surface area is 146 Å². The van der Waals surface area contributed by atoms with Crippen molar-refractivity contribution in [2.24, 2.45) is 0 Å². The molecule has 2 aliphatic rings. The van der Waals surface area contributed by atoms with Gasteiger partial charge in [0.1, 0.15) is 0 Å². The van der Waals surface area contributed by atoms with Gasteiger partial charge < -0.3 is 14.3 Å². The van der Waals surface area contributed by atoms with E-state index in [1.807, 2.05) is 4.90 Å². The predicted octanol–water partition coefficient (Wildman–Crippen LogP) is 1.02. The van der Waals surface area contributed by atoms with Gasteiger partial charge in [-0.25, -0.2) is 9.97 Å². The number of anilines is 1. The first kappa shape index (κ1) is 16.0. The fraction of sp³-hybridized carbons (Fsp3) is 0.529. The number of nitrogens with zero attached hydrogens (tertiary/aromatic N) is 6. The highest BCUT2D eigenvalue weighted by Crippen LogP contribution is 2.16. The van der Waals surface area contributed by atoms with E-state index in [4.69, 9.17) is 4.52 Å². The molecule has 0 bridgehead atoms. The van der Waals surface area contributed by atoms with E-state index in [2.05, 4.69) is 24.9 Å². The zero-order chi connectivity index (χ0) is 17.1. The zero-order valence-corrected chi connectivity index (χ0v) is 14.2. The Hall–Kier alpha value is -2.48. The fourth-order valence-corrected chi connectivity index (χ4v) is 3.38. The summed E-state index contributed by atoms with van der Waals surface area (Å²) in [5, 5.41) is 3.98. The lowest BCUT2D eigenvalue weighted by atomic mass is 10.2. The Balaban J connectivity index is 1.33. The summed E-state index contributed by atoms with van der Waals surface area (Å²) >= 11 is 0. The van der Waals surface area contributed by atoms with Crippen molar-refractivity contribution < 1.29 is 9.32 Å². The van der Waals surface area contributed by atoms with Gasteiger partial charge in [0, 0.05) is 44.6 Å². The molecular weight excluding hydrogens is 320 g/mol. The SMILES string of the molecule is O=C(c1cc(CN2CCCC2)on1)N1CCN(c2ncccn2)CC1. The molecule has 132 valence electrons. The van der Waals surface area contributed by atoms with Crippen LogP contribution >= 0.6 is 0 Å². The Morgan fingerprint density at radius 3 is 2.48 bits per heavy atom. The number of carbonyl (C=O) groups is 1. The van der Waals surface area contributed by atoms with Crippen LogP contribution in [0.15, 0.2) is 29.0 Å². The third-order valence-electron chi connectivity index (χ3n) is 4.76. The van der Waals surface area contributed by atoms with Gasteiger partial charge in [-0.3, -0.25) is 9.69 Å². The number of aromatic nitrogens is 3. The highest BCUT2D eigenvalue weighted by atomic mass is 16.5. The highest BCUT2D eigenvalue weighted by molar-refractivity contribution is 5.92. The van der Waals surface area contributed by atoms with Crippen molar-refractivity contribution in [3.8, 4) is 0 Å². The predicted molar refractivity (Wildman–Crippen MR) is 91.2 cm³/mol. The van der Waals surface area contributed by atoms with E-state index in [-0.39, 0.29) is 5.91 Å². The second kappa shape index (κ2) is 7.18. The van der Waals surface area contributed by atoms with Crippen molar-refractivity contribution in [2.45, 2.75) is 19.4 Å². The van der Waals surface area contributed by atoms with Crippen LogP contribution in [-0.4, -0.2) is 70.1 Å². The van der Waals surface area contributed by atoms with Crippen LogP contribution in [-0.2, 0) is 6.54 Å². The van der Waals surface area contributed by atoms with Gasteiger partial charge in [0.15, 0.2) is 11.5 Å². The van der Waals surface area contributed by atoms with Crippen molar-refractivity contribution in [3.63, 3.8) is 0 Å².